The van der Waals surface area contributed by atoms with Crippen molar-refractivity contribution in [3.05, 3.63) is 0 Å². The van der Waals surface area contributed by atoms with Crippen molar-refractivity contribution >= 4 is 10.0 Å². The molecule has 0 amide bonds. The van der Waals surface area contributed by atoms with Gasteiger partial charge in [0.15, 0.2) is 0 Å². The van der Waals surface area contributed by atoms with Crippen LogP contribution >= 0.6 is 0 Å². The summed E-state index contributed by atoms with van der Waals surface area (Å²) in [7, 11) is -3.08. The Kier molecular flexibility index (Phi) is 2.99. The highest BCUT2D eigenvalue weighted by Crippen LogP contribution is 2.29. The Hall–Kier alpha value is -0.130. The quantitative estimate of drug-likeness (QED) is 0.668. The largest absolute Gasteiger partial charge is 0.324 e. The Morgan fingerprint density at radius 2 is 2.00 bits per heavy atom. The van der Waals surface area contributed by atoms with Gasteiger partial charge in [-0.3, -0.25) is 0 Å². The molecule has 0 heterocycles. The molecule has 0 aliphatic heterocycles. The van der Waals surface area contributed by atoms with Crippen LogP contribution in [0.15, 0.2) is 0 Å². The molecule has 4 nitrogen and oxygen atoms in total. The highest BCUT2D eigenvalue weighted by Gasteiger charge is 2.28. The molecule has 0 spiro atoms. The third-order valence-corrected chi connectivity index (χ3v) is 3.39. The Morgan fingerprint density at radius 1 is 1.46 bits per heavy atom. The molecular formula is C8H18N2O2S. The van der Waals surface area contributed by atoms with Crippen molar-refractivity contribution < 1.29 is 8.42 Å². The van der Waals surface area contributed by atoms with Crippen molar-refractivity contribution in [3.63, 3.8) is 0 Å². The van der Waals surface area contributed by atoms with E-state index in [0.717, 1.165) is 12.8 Å². The molecular weight excluding hydrogens is 188 g/mol. The average molecular weight is 206 g/mol. The van der Waals surface area contributed by atoms with E-state index < -0.39 is 15.6 Å². The van der Waals surface area contributed by atoms with Gasteiger partial charge in [-0.1, -0.05) is 0 Å². The maximum atomic E-state index is 11.4. The van der Waals surface area contributed by atoms with Crippen molar-refractivity contribution in [1.82, 2.24) is 4.72 Å². The average Bonchev–Trinajstić information content (AvgIpc) is 2.66. The fraction of sp³-hybridized carbons (Fsp3) is 1.00. The molecule has 0 aromatic heterocycles. The van der Waals surface area contributed by atoms with Gasteiger partial charge in [0.1, 0.15) is 0 Å². The van der Waals surface area contributed by atoms with Gasteiger partial charge in [-0.15, -0.1) is 0 Å². The molecule has 1 fully saturated rings. The van der Waals surface area contributed by atoms with E-state index in [-0.39, 0.29) is 5.75 Å². The van der Waals surface area contributed by atoms with Gasteiger partial charge in [0.05, 0.1) is 5.75 Å². The van der Waals surface area contributed by atoms with Crippen LogP contribution in [0.5, 0.6) is 0 Å². The van der Waals surface area contributed by atoms with Crippen molar-refractivity contribution in [3.8, 4) is 0 Å². The molecule has 0 atom stereocenters. The van der Waals surface area contributed by atoms with E-state index in [1.807, 2.05) is 0 Å². The van der Waals surface area contributed by atoms with Gasteiger partial charge in [-0.25, -0.2) is 13.1 Å². The summed E-state index contributed by atoms with van der Waals surface area (Å²) < 4.78 is 25.2. The van der Waals surface area contributed by atoms with Gasteiger partial charge >= 0.3 is 0 Å². The normalized spacial score (nSPS) is 19.0. The van der Waals surface area contributed by atoms with Crippen LogP contribution in [0.3, 0.4) is 0 Å². The molecule has 78 valence electrons. The Labute approximate surface area is 79.9 Å². The first-order chi connectivity index (χ1) is 5.79. The van der Waals surface area contributed by atoms with Crippen LogP contribution in [0.2, 0.25) is 0 Å². The highest BCUT2D eigenvalue weighted by molar-refractivity contribution is 7.89. The van der Waals surface area contributed by atoms with Gasteiger partial charge in [0, 0.05) is 12.1 Å². The minimum absolute atomic E-state index is 0.267. The van der Waals surface area contributed by atoms with Gasteiger partial charge in [-0.2, -0.15) is 0 Å². The molecule has 1 aliphatic carbocycles. The van der Waals surface area contributed by atoms with Crippen molar-refractivity contribution in [1.29, 1.82) is 0 Å². The summed E-state index contributed by atoms with van der Waals surface area (Å²) in [6.07, 6.45) is 2.10. The number of nitrogens with two attached hydrogens (primary N) is 1. The predicted molar refractivity (Wildman–Crippen MR) is 52.8 cm³/mol. The van der Waals surface area contributed by atoms with Gasteiger partial charge in [-0.05, 0) is 32.6 Å². The molecule has 0 bridgehead atoms. The smallest absolute Gasteiger partial charge is 0.211 e. The van der Waals surface area contributed by atoms with E-state index in [4.69, 9.17) is 5.73 Å². The zero-order chi connectivity index (χ0) is 10.1. The van der Waals surface area contributed by atoms with E-state index in [0.29, 0.717) is 12.5 Å². The highest BCUT2D eigenvalue weighted by atomic mass is 32.2. The molecule has 1 aliphatic rings. The predicted octanol–water partition coefficient (Wildman–Crippen LogP) is 0.0531. The van der Waals surface area contributed by atoms with Crippen LogP contribution in [0.4, 0.5) is 0 Å². The third-order valence-electron chi connectivity index (χ3n) is 1.90. The lowest BCUT2D eigenvalue weighted by Crippen LogP contribution is -2.45. The monoisotopic (exact) mass is 206 g/mol. The van der Waals surface area contributed by atoms with Gasteiger partial charge in [0.25, 0.3) is 0 Å². The zero-order valence-electron chi connectivity index (χ0n) is 8.21. The second-order valence-corrected chi connectivity index (χ2v) is 6.39. The molecule has 0 radical (unpaired) electrons. The molecule has 5 heteroatoms. The molecule has 0 aromatic carbocycles. The fourth-order valence-corrected chi connectivity index (χ4v) is 2.61. The summed E-state index contributed by atoms with van der Waals surface area (Å²) in [5.41, 5.74) is 5.19. The summed E-state index contributed by atoms with van der Waals surface area (Å²) >= 11 is 0. The zero-order valence-corrected chi connectivity index (χ0v) is 9.02. The minimum Gasteiger partial charge on any atom is -0.324 e. The van der Waals surface area contributed by atoms with E-state index in [1.165, 1.54) is 0 Å². The van der Waals surface area contributed by atoms with Crippen molar-refractivity contribution in [2.24, 2.45) is 11.7 Å². The number of nitrogens with one attached hydrogen (secondary N) is 1. The second kappa shape index (κ2) is 3.55. The summed E-state index contributed by atoms with van der Waals surface area (Å²) in [4.78, 5) is 0. The molecule has 0 saturated heterocycles. The maximum Gasteiger partial charge on any atom is 0.211 e. The molecule has 1 saturated carbocycles. The Bertz CT molecular complexity index is 262. The van der Waals surface area contributed by atoms with Crippen LogP contribution in [0, 0.1) is 5.92 Å². The van der Waals surface area contributed by atoms with Crippen LogP contribution in [0.1, 0.15) is 26.7 Å². The summed E-state index contributed by atoms with van der Waals surface area (Å²) in [6.45, 7) is 3.90. The molecule has 0 aromatic rings. The number of rotatable bonds is 5. The molecule has 1 rings (SSSR count). The van der Waals surface area contributed by atoms with Gasteiger partial charge < -0.3 is 5.73 Å². The number of sulfonamides is 1. The van der Waals surface area contributed by atoms with Crippen LogP contribution in [-0.4, -0.2) is 26.3 Å². The first-order valence-corrected chi connectivity index (χ1v) is 6.20. The maximum absolute atomic E-state index is 11.4. The lowest BCUT2D eigenvalue weighted by molar-refractivity contribution is 0.497. The van der Waals surface area contributed by atoms with Gasteiger partial charge in [0.2, 0.25) is 10.0 Å². The summed E-state index contributed by atoms with van der Waals surface area (Å²) in [6, 6.07) is 0. The van der Waals surface area contributed by atoms with E-state index in [9.17, 15) is 8.42 Å². The standard InChI is InChI=1S/C8H18N2O2S/c1-8(2,9)6-10-13(11,12)5-7-3-4-7/h7,10H,3-6,9H2,1-2H3. The van der Waals surface area contributed by atoms with Crippen LogP contribution < -0.4 is 10.5 Å². The summed E-state index contributed by atoms with van der Waals surface area (Å²) in [5, 5.41) is 0. The minimum atomic E-state index is -3.08. The lowest BCUT2D eigenvalue weighted by atomic mass is 10.1. The van der Waals surface area contributed by atoms with Crippen LogP contribution in [-0.2, 0) is 10.0 Å². The third kappa shape index (κ3) is 5.23. The Morgan fingerprint density at radius 3 is 2.38 bits per heavy atom. The summed E-state index contributed by atoms with van der Waals surface area (Å²) in [5.74, 6) is 0.654. The lowest BCUT2D eigenvalue weighted by Gasteiger charge is -2.18. The van der Waals surface area contributed by atoms with Crippen LogP contribution in [0.25, 0.3) is 0 Å². The van der Waals surface area contributed by atoms with Crippen molar-refractivity contribution in [2.45, 2.75) is 32.2 Å². The van der Waals surface area contributed by atoms with Crippen molar-refractivity contribution in [2.75, 3.05) is 12.3 Å². The Balaban J connectivity index is 2.33. The van der Waals surface area contributed by atoms with E-state index >= 15 is 0 Å². The van der Waals surface area contributed by atoms with E-state index in [1.54, 1.807) is 13.8 Å². The number of hydrogen-bond acceptors (Lipinski definition) is 3. The second-order valence-electron chi connectivity index (χ2n) is 4.53. The first kappa shape index (κ1) is 10.9. The molecule has 0 unspecified atom stereocenters. The SMILES string of the molecule is CC(C)(N)CNS(=O)(=O)CC1CC1. The molecule has 3 N–H and O–H groups in total. The van der Waals surface area contributed by atoms with E-state index in [2.05, 4.69) is 4.72 Å². The number of hydrogen-bond donors (Lipinski definition) is 2. The topological polar surface area (TPSA) is 72.2 Å². The first-order valence-electron chi connectivity index (χ1n) is 4.55. The fourth-order valence-electron chi connectivity index (χ4n) is 0.950. The molecule has 13 heavy (non-hydrogen) atoms.